The van der Waals surface area contributed by atoms with Crippen LogP contribution in [0.2, 0.25) is 0 Å². The highest BCUT2D eigenvalue weighted by atomic mass is 14.6. The van der Waals surface area contributed by atoms with Gasteiger partial charge in [-0.2, -0.15) is 0 Å². The zero-order valence-electron chi connectivity index (χ0n) is 14.9. The quantitative estimate of drug-likeness (QED) is 0.375. The van der Waals surface area contributed by atoms with Gasteiger partial charge in [-0.1, -0.05) is 84.5 Å². The molecule has 0 saturated carbocycles. The molecule has 2 unspecified atom stereocenters. The fraction of sp³-hybridized carbons (Fsp3) is 1.00. The van der Waals surface area contributed by atoms with Gasteiger partial charge >= 0.3 is 0 Å². The van der Waals surface area contributed by atoms with E-state index in [0.29, 0.717) is 12.0 Å². The summed E-state index contributed by atoms with van der Waals surface area (Å²) in [6.07, 6.45) is 18.9. The molecule has 0 fully saturated rings. The molecule has 0 heterocycles. The molecule has 2 heteroatoms. The Balaban J connectivity index is 3.18. The maximum Gasteiger partial charge on any atom is 0.00388 e. The molecular weight excluding hydrogens is 256 g/mol. The molecule has 2 atom stereocenters. The van der Waals surface area contributed by atoms with Gasteiger partial charge in [0.1, 0.15) is 0 Å². The molecule has 2 nitrogen and oxygen atoms in total. The summed E-state index contributed by atoms with van der Waals surface area (Å²) in [5.74, 6) is 0.691. The predicted octanol–water partition coefficient (Wildman–Crippen LogP) is 5.39. The normalized spacial score (nSPS) is 14.3. The summed E-state index contributed by atoms with van der Waals surface area (Å²) < 4.78 is 0. The van der Waals surface area contributed by atoms with E-state index in [9.17, 15) is 0 Å². The van der Waals surface area contributed by atoms with Crippen LogP contribution >= 0.6 is 0 Å². The summed E-state index contributed by atoms with van der Waals surface area (Å²) in [7, 11) is 0. The summed E-state index contributed by atoms with van der Waals surface area (Å²) in [5.41, 5.74) is 11.8. The van der Waals surface area contributed by atoms with E-state index >= 15 is 0 Å². The van der Waals surface area contributed by atoms with Crippen LogP contribution in [0.5, 0.6) is 0 Å². The third-order valence-electron chi connectivity index (χ3n) is 4.60. The van der Waals surface area contributed by atoms with Gasteiger partial charge in [0, 0.05) is 6.04 Å². The fourth-order valence-corrected chi connectivity index (χ4v) is 2.88. The molecule has 0 aliphatic rings. The second-order valence-electron chi connectivity index (χ2n) is 7.00. The lowest BCUT2D eigenvalue weighted by Gasteiger charge is -2.12. The predicted molar refractivity (Wildman–Crippen MR) is 96.5 cm³/mol. The van der Waals surface area contributed by atoms with Gasteiger partial charge in [-0.3, -0.25) is 0 Å². The van der Waals surface area contributed by atoms with Crippen molar-refractivity contribution in [1.82, 2.24) is 0 Å². The van der Waals surface area contributed by atoms with Crippen LogP contribution in [0.3, 0.4) is 0 Å². The maximum absolute atomic E-state index is 6.20. The van der Waals surface area contributed by atoms with Crippen LogP contribution in [0.4, 0.5) is 0 Å². The average Bonchev–Trinajstić information content (AvgIpc) is 2.49. The van der Waals surface area contributed by atoms with E-state index < -0.39 is 0 Å². The highest BCUT2D eigenvalue weighted by Gasteiger charge is 2.03. The Morgan fingerprint density at radius 2 is 1.10 bits per heavy atom. The van der Waals surface area contributed by atoms with Gasteiger partial charge in [0.2, 0.25) is 0 Å². The lowest BCUT2D eigenvalue weighted by atomic mass is 9.99. The number of nitrogens with two attached hydrogens (primary N) is 2. The number of hydrogen-bond donors (Lipinski definition) is 2. The second-order valence-corrected chi connectivity index (χ2v) is 7.00. The summed E-state index contributed by atoms with van der Waals surface area (Å²) in [5, 5.41) is 0. The van der Waals surface area contributed by atoms with E-state index in [1.54, 1.807) is 0 Å². The largest absolute Gasteiger partial charge is 0.330 e. The molecule has 0 aromatic heterocycles. The zero-order valence-corrected chi connectivity index (χ0v) is 14.9. The van der Waals surface area contributed by atoms with Crippen LogP contribution in [0.15, 0.2) is 0 Å². The number of unbranched alkanes of at least 4 members (excludes halogenated alkanes) is 9. The third kappa shape index (κ3) is 16.1. The minimum absolute atomic E-state index is 0.442. The first kappa shape index (κ1) is 20.9. The summed E-state index contributed by atoms with van der Waals surface area (Å²) in [4.78, 5) is 0. The van der Waals surface area contributed by atoms with Crippen molar-refractivity contribution in [3.63, 3.8) is 0 Å². The van der Waals surface area contributed by atoms with Crippen molar-refractivity contribution in [3.05, 3.63) is 0 Å². The van der Waals surface area contributed by atoms with E-state index in [0.717, 1.165) is 6.54 Å². The summed E-state index contributed by atoms with van der Waals surface area (Å²) in [6, 6.07) is 0.442. The Bertz CT molecular complexity index is 194. The highest BCUT2D eigenvalue weighted by molar-refractivity contribution is 4.62. The third-order valence-corrected chi connectivity index (χ3v) is 4.60. The van der Waals surface area contributed by atoms with Gasteiger partial charge in [0.25, 0.3) is 0 Å². The molecule has 0 bridgehead atoms. The Labute approximate surface area is 134 Å². The van der Waals surface area contributed by atoms with Crippen molar-refractivity contribution >= 4 is 0 Å². The lowest BCUT2D eigenvalue weighted by Crippen LogP contribution is -2.19. The molecule has 21 heavy (non-hydrogen) atoms. The zero-order chi connectivity index (χ0) is 15.8. The van der Waals surface area contributed by atoms with Crippen molar-refractivity contribution in [2.75, 3.05) is 6.54 Å². The first-order chi connectivity index (χ1) is 10.2. The Hall–Kier alpha value is -0.0800. The molecule has 128 valence electrons. The van der Waals surface area contributed by atoms with Crippen LogP contribution in [0.1, 0.15) is 104 Å². The molecule has 0 aliphatic heterocycles. The molecule has 0 spiro atoms. The molecule has 0 radical (unpaired) electrons. The Morgan fingerprint density at radius 3 is 1.62 bits per heavy atom. The SMILES string of the molecule is CCCCCCCCCCC(N)CCCCCC(C)CN. The minimum Gasteiger partial charge on any atom is -0.330 e. The number of hydrogen-bond acceptors (Lipinski definition) is 2. The van der Waals surface area contributed by atoms with Gasteiger partial charge in [0.05, 0.1) is 0 Å². The van der Waals surface area contributed by atoms with Crippen LogP contribution < -0.4 is 11.5 Å². The molecule has 0 aromatic rings. The van der Waals surface area contributed by atoms with Gasteiger partial charge < -0.3 is 11.5 Å². The van der Waals surface area contributed by atoms with E-state index in [1.165, 1.54) is 89.9 Å². The molecule has 4 N–H and O–H groups in total. The Kier molecular flexibility index (Phi) is 16.2. The highest BCUT2D eigenvalue weighted by Crippen LogP contribution is 2.14. The maximum atomic E-state index is 6.20. The van der Waals surface area contributed by atoms with Crippen LogP contribution in [0.25, 0.3) is 0 Å². The van der Waals surface area contributed by atoms with Crippen LogP contribution in [-0.4, -0.2) is 12.6 Å². The molecule has 0 aliphatic carbocycles. The molecule has 0 rings (SSSR count). The fourth-order valence-electron chi connectivity index (χ4n) is 2.88. The molecular formula is C19H42N2. The van der Waals surface area contributed by atoms with Gasteiger partial charge in [-0.25, -0.2) is 0 Å². The van der Waals surface area contributed by atoms with Crippen molar-refractivity contribution in [2.45, 2.75) is 110 Å². The molecule has 0 aromatic carbocycles. The lowest BCUT2D eigenvalue weighted by molar-refractivity contribution is 0.461. The molecule has 0 saturated heterocycles. The number of rotatable bonds is 16. The second kappa shape index (κ2) is 16.3. The topological polar surface area (TPSA) is 52.0 Å². The van der Waals surface area contributed by atoms with Crippen molar-refractivity contribution in [1.29, 1.82) is 0 Å². The van der Waals surface area contributed by atoms with Crippen molar-refractivity contribution < 1.29 is 0 Å². The summed E-state index contributed by atoms with van der Waals surface area (Å²) in [6.45, 7) is 5.35. The summed E-state index contributed by atoms with van der Waals surface area (Å²) >= 11 is 0. The van der Waals surface area contributed by atoms with E-state index in [4.69, 9.17) is 11.5 Å². The van der Waals surface area contributed by atoms with E-state index in [2.05, 4.69) is 13.8 Å². The molecule has 0 amide bonds. The first-order valence-corrected chi connectivity index (χ1v) is 9.66. The van der Waals surface area contributed by atoms with E-state index in [-0.39, 0.29) is 0 Å². The van der Waals surface area contributed by atoms with Gasteiger partial charge in [-0.15, -0.1) is 0 Å². The minimum atomic E-state index is 0.442. The monoisotopic (exact) mass is 298 g/mol. The Morgan fingerprint density at radius 1 is 0.667 bits per heavy atom. The van der Waals surface area contributed by atoms with Crippen molar-refractivity contribution in [3.8, 4) is 0 Å². The average molecular weight is 299 g/mol. The van der Waals surface area contributed by atoms with Gasteiger partial charge in [0.15, 0.2) is 0 Å². The van der Waals surface area contributed by atoms with Crippen LogP contribution in [0, 0.1) is 5.92 Å². The standard InChI is InChI=1S/C19H42N2/c1-3-4-5-6-7-8-9-12-15-19(21)16-13-10-11-14-18(2)17-20/h18-19H,3-17,20-21H2,1-2H3. The first-order valence-electron chi connectivity index (χ1n) is 9.66. The van der Waals surface area contributed by atoms with E-state index in [1.807, 2.05) is 0 Å². The van der Waals surface area contributed by atoms with Gasteiger partial charge in [-0.05, 0) is 31.7 Å². The smallest absolute Gasteiger partial charge is 0.00388 e. The van der Waals surface area contributed by atoms with Crippen molar-refractivity contribution in [2.24, 2.45) is 17.4 Å². The van der Waals surface area contributed by atoms with Crippen LogP contribution in [-0.2, 0) is 0 Å².